The Hall–Kier alpha value is -3.30. The third-order valence-electron chi connectivity index (χ3n) is 12.3. The number of epoxide rings is 1. The number of carbonyl (C=O) groups excluding carboxylic acids is 4. The Morgan fingerprint density at radius 1 is 1.11 bits per heavy atom. The molecular formula is C36H44O9. The Balaban J connectivity index is 1.36. The van der Waals surface area contributed by atoms with Crippen LogP contribution < -0.4 is 0 Å². The predicted molar refractivity (Wildman–Crippen MR) is 163 cm³/mol. The zero-order valence-electron chi connectivity index (χ0n) is 27.1. The average molecular weight is 621 g/mol. The molecular weight excluding hydrogens is 576 g/mol. The largest absolute Gasteiger partial charge is 0.458 e. The zero-order valence-corrected chi connectivity index (χ0v) is 27.1. The Kier molecular flexibility index (Phi) is 7.48. The number of carbonyl (C=O) groups is 4. The first kappa shape index (κ1) is 31.7. The summed E-state index contributed by atoms with van der Waals surface area (Å²) in [5.74, 6) is -2.57. The molecule has 1 N–H and O–H groups in total. The number of rotatable bonds is 6. The number of hydrogen-bond acceptors (Lipinski definition) is 9. The van der Waals surface area contributed by atoms with Gasteiger partial charge in [-0.05, 0) is 77.0 Å². The first-order valence-corrected chi connectivity index (χ1v) is 16.1. The summed E-state index contributed by atoms with van der Waals surface area (Å²) in [6.07, 6.45) is 10.9. The molecule has 11 unspecified atom stereocenters. The van der Waals surface area contributed by atoms with Crippen molar-refractivity contribution in [2.24, 2.45) is 28.6 Å². The molecule has 1 saturated heterocycles. The van der Waals surface area contributed by atoms with Crippen molar-refractivity contribution in [3.8, 4) is 0 Å². The van der Waals surface area contributed by atoms with E-state index in [-0.39, 0.29) is 23.6 Å². The van der Waals surface area contributed by atoms with Gasteiger partial charge in [-0.25, -0.2) is 9.59 Å². The molecule has 0 amide bonds. The molecule has 9 nitrogen and oxygen atoms in total. The van der Waals surface area contributed by atoms with Crippen molar-refractivity contribution < 1.29 is 43.2 Å². The molecule has 0 aromatic carbocycles. The van der Waals surface area contributed by atoms with E-state index in [0.29, 0.717) is 31.3 Å². The number of ketones is 1. The number of allylic oxidation sites excluding steroid dienone is 4. The van der Waals surface area contributed by atoms with Crippen LogP contribution in [-0.2, 0) is 38.1 Å². The van der Waals surface area contributed by atoms with E-state index in [1.807, 2.05) is 40.7 Å². The number of esters is 3. The third kappa shape index (κ3) is 4.25. The summed E-state index contributed by atoms with van der Waals surface area (Å²) >= 11 is 0. The van der Waals surface area contributed by atoms with Crippen LogP contribution in [0.2, 0.25) is 0 Å². The Bertz CT molecular complexity index is 1500. The van der Waals surface area contributed by atoms with Crippen molar-refractivity contribution in [2.45, 2.75) is 110 Å². The van der Waals surface area contributed by atoms with E-state index in [9.17, 15) is 24.3 Å². The highest BCUT2D eigenvalue weighted by molar-refractivity contribution is 5.98. The predicted octanol–water partition coefficient (Wildman–Crippen LogP) is 4.64. The first-order valence-electron chi connectivity index (χ1n) is 16.1. The van der Waals surface area contributed by atoms with Crippen LogP contribution in [0.3, 0.4) is 0 Å². The second kappa shape index (κ2) is 10.6. The van der Waals surface area contributed by atoms with Gasteiger partial charge in [0.05, 0.1) is 11.5 Å². The van der Waals surface area contributed by atoms with Crippen LogP contribution in [0, 0.1) is 28.6 Å². The van der Waals surface area contributed by atoms with Crippen LogP contribution in [0.1, 0.15) is 74.1 Å². The molecule has 0 radical (unpaired) electrons. The lowest BCUT2D eigenvalue weighted by molar-refractivity contribution is -0.225. The standard InChI is InChI=1S/C36H44O9/c1-8-9-10-11-31(39)44-28-13-12-27(38)34(7)23-14-15-33(6)24(21(4)26-16-19(2)20(3)32(40)43-26)17-29(42-22(5)37)35(33,41)25(23)18-30-36(28,34)45-30/h8-13,17,21,23,25-26,28-30,41H,14-16,18H2,1-7H3. The fourth-order valence-corrected chi connectivity index (χ4v) is 9.65. The van der Waals surface area contributed by atoms with E-state index < -0.39 is 64.3 Å². The molecule has 2 aliphatic heterocycles. The summed E-state index contributed by atoms with van der Waals surface area (Å²) in [5.41, 5.74) is -2.01. The van der Waals surface area contributed by atoms with Crippen LogP contribution >= 0.6 is 0 Å². The number of aliphatic hydroxyl groups is 1. The van der Waals surface area contributed by atoms with Gasteiger partial charge in [-0.15, -0.1) is 0 Å². The second-order valence-corrected chi connectivity index (χ2v) is 14.2. The molecule has 9 heteroatoms. The fourth-order valence-electron chi connectivity index (χ4n) is 9.65. The highest BCUT2D eigenvalue weighted by atomic mass is 16.7. The van der Waals surface area contributed by atoms with Crippen molar-refractivity contribution >= 4 is 23.7 Å². The maximum atomic E-state index is 13.9. The number of fused-ring (bicyclic) bond motifs is 4. The Labute approximate surface area is 264 Å². The minimum atomic E-state index is -1.55. The third-order valence-corrected chi connectivity index (χ3v) is 12.3. The Morgan fingerprint density at radius 2 is 1.84 bits per heavy atom. The second-order valence-electron chi connectivity index (χ2n) is 14.2. The molecule has 11 atom stereocenters. The summed E-state index contributed by atoms with van der Waals surface area (Å²) in [4.78, 5) is 51.7. The van der Waals surface area contributed by atoms with Crippen LogP contribution in [-0.4, -0.2) is 64.4 Å². The topological polar surface area (TPSA) is 129 Å². The maximum Gasteiger partial charge on any atom is 0.333 e. The van der Waals surface area contributed by atoms with Crippen molar-refractivity contribution in [3.05, 3.63) is 59.3 Å². The molecule has 0 bridgehead atoms. The average Bonchev–Trinajstić information content (AvgIpc) is 3.67. The van der Waals surface area contributed by atoms with Crippen LogP contribution in [0.15, 0.2) is 59.3 Å². The summed E-state index contributed by atoms with van der Waals surface area (Å²) in [6, 6.07) is 0. The highest BCUT2D eigenvalue weighted by Crippen LogP contribution is 2.74. The summed E-state index contributed by atoms with van der Waals surface area (Å²) in [6.45, 7) is 12.8. The van der Waals surface area contributed by atoms with Crippen molar-refractivity contribution in [1.29, 1.82) is 0 Å². The molecule has 2 heterocycles. The van der Waals surface area contributed by atoms with Gasteiger partial charge in [0.2, 0.25) is 0 Å². The maximum absolute atomic E-state index is 13.9. The summed E-state index contributed by atoms with van der Waals surface area (Å²) in [7, 11) is 0. The normalized spacial score (nSPS) is 44.0. The van der Waals surface area contributed by atoms with Gasteiger partial charge >= 0.3 is 17.9 Å². The highest BCUT2D eigenvalue weighted by Gasteiger charge is 2.83. The number of ether oxygens (including phenoxy) is 4. The molecule has 2 saturated carbocycles. The van der Waals surface area contributed by atoms with Gasteiger partial charge in [0.25, 0.3) is 0 Å². The summed E-state index contributed by atoms with van der Waals surface area (Å²) in [5, 5.41) is 13.1. The zero-order chi connectivity index (χ0) is 32.7. The number of cyclic esters (lactones) is 1. The van der Waals surface area contributed by atoms with E-state index in [4.69, 9.17) is 18.9 Å². The van der Waals surface area contributed by atoms with Crippen molar-refractivity contribution in [2.75, 3.05) is 0 Å². The molecule has 4 aliphatic carbocycles. The molecule has 1 spiro atoms. The molecule has 3 fully saturated rings. The van der Waals surface area contributed by atoms with Crippen molar-refractivity contribution in [1.82, 2.24) is 0 Å². The molecule has 6 rings (SSSR count). The lowest BCUT2D eigenvalue weighted by Gasteiger charge is -2.61. The van der Waals surface area contributed by atoms with Crippen molar-refractivity contribution in [3.63, 3.8) is 0 Å². The first-order chi connectivity index (χ1) is 21.2. The molecule has 0 aromatic heterocycles. The molecule has 0 aromatic rings. The molecule has 242 valence electrons. The lowest BCUT2D eigenvalue weighted by atomic mass is 9.42. The van der Waals surface area contributed by atoms with Crippen LogP contribution in [0.25, 0.3) is 0 Å². The fraction of sp³-hybridized carbons (Fsp3) is 0.611. The monoisotopic (exact) mass is 620 g/mol. The van der Waals surface area contributed by atoms with Gasteiger partial charge in [-0.2, -0.15) is 0 Å². The number of hydrogen-bond donors (Lipinski definition) is 1. The van der Waals surface area contributed by atoms with E-state index in [1.165, 1.54) is 19.1 Å². The summed E-state index contributed by atoms with van der Waals surface area (Å²) < 4.78 is 24.1. The van der Waals surface area contributed by atoms with Gasteiger partial charge in [0.15, 0.2) is 11.9 Å². The van der Waals surface area contributed by atoms with Gasteiger partial charge in [0.1, 0.15) is 23.4 Å². The Morgan fingerprint density at radius 3 is 2.51 bits per heavy atom. The van der Waals surface area contributed by atoms with E-state index >= 15 is 0 Å². The quantitative estimate of drug-likeness (QED) is 0.113. The van der Waals surface area contributed by atoms with Gasteiger partial charge in [-0.1, -0.05) is 43.2 Å². The lowest BCUT2D eigenvalue weighted by Crippen LogP contribution is -2.70. The van der Waals surface area contributed by atoms with Gasteiger partial charge < -0.3 is 24.1 Å². The minimum Gasteiger partial charge on any atom is -0.458 e. The SMILES string of the molecule is CC=CC=CC(=O)OC1C=CC(=O)C2(C)C3CCC4(C)C(C(C)C5CC(C)=C(C)C(=O)O5)=CC(OC(C)=O)C4(O)C3CC3OC132. The smallest absolute Gasteiger partial charge is 0.333 e. The molecule has 6 aliphatic rings. The van der Waals surface area contributed by atoms with Crippen LogP contribution in [0.4, 0.5) is 0 Å². The molecule has 45 heavy (non-hydrogen) atoms. The van der Waals surface area contributed by atoms with E-state index in [2.05, 4.69) is 0 Å². The van der Waals surface area contributed by atoms with E-state index in [0.717, 1.165) is 11.1 Å². The van der Waals surface area contributed by atoms with Gasteiger partial charge in [0, 0.05) is 36.3 Å². The van der Waals surface area contributed by atoms with Crippen LogP contribution in [0.5, 0.6) is 0 Å². The van der Waals surface area contributed by atoms with Gasteiger partial charge in [-0.3, -0.25) is 9.59 Å². The van der Waals surface area contributed by atoms with E-state index in [1.54, 1.807) is 31.2 Å². The minimum absolute atomic E-state index is 0.126.